The molecule has 0 aliphatic carbocycles. The van der Waals surface area contributed by atoms with E-state index in [9.17, 15) is 0 Å². The molecule has 0 aliphatic heterocycles. The molecule has 0 aromatic carbocycles. The van der Waals surface area contributed by atoms with Gasteiger partial charge in [-0.2, -0.15) is 0 Å². The zero-order chi connectivity index (χ0) is 12.6. The second-order valence-electron chi connectivity index (χ2n) is 4.61. The van der Waals surface area contributed by atoms with Gasteiger partial charge in [-0.3, -0.25) is 0 Å². The molecule has 0 atom stereocenters. The zero-order valence-electron chi connectivity index (χ0n) is 11.1. The van der Waals surface area contributed by atoms with Crippen molar-refractivity contribution in [2.24, 2.45) is 0 Å². The van der Waals surface area contributed by atoms with E-state index in [-0.39, 0.29) is 0 Å². The Morgan fingerprint density at radius 3 is 1.24 bits per heavy atom. The van der Waals surface area contributed by atoms with Gasteiger partial charge in [0.05, 0.1) is 0 Å². The van der Waals surface area contributed by atoms with Crippen molar-refractivity contribution in [3.63, 3.8) is 0 Å². The molecule has 0 N–H and O–H groups in total. The number of halogens is 2. The van der Waals surface area contributed by atoms with Gasteiger partial charge >= 0.3 is 0 Å². The highest BCUT2D eigenvalue weighted by Gasteiger charge is 1.89. The normalized spacial score (nSPS) is 11.4. The molecule has 0 aromatic rings. The maximum atomic E-state index is 5.63. The van der Waals surface area contributed by atoms with E-state index in [1.165, 1.54) is 70.6 Å². The first-order valence-electron chi connectivity index (χ1n) is 7.18. The number of hydrogen-bond acceptors (Lipinski definition) is 0. The van der Waals surface area contributed by atoms with Gasteiger partial charge in [-0.05, 0) is 38.5 Å². The Hall–Kier alpha value is 0.320. The van der Waals surface area contributed by atoms with Crippen molar-refractivity contribution in [3.8, 4) is 0 Å². The van der Waals surface area contributed by atoms with Gasteiger partial charge in [-0.15, -0.1) is 23.2 Å². The van der Waals surface area contributed by atoms with Crippen LogP contribution in [0.25, 0.3) is 0 Å². The standard InChI is InChI=1S/C15H28Cl2/c16-14-12-10-8-6-4-2-1-3-5-7-9-11-13-15-17/h1-2H,3-15H2. The van der Waals surface area contributed by atoms with Crippen LogP contribution in [0.15, 0.2) is 12.2 Å². The Bertz CT molecular complexity index is 155. The molecule has 0 unspecified atom stereocenters. The summed E-state index contributed by atoms with van der Waals surface area (Å²) in [4.78, 5) is 0. The monoisotopic (exact) mass is 278 g/mol. The fraction of sp³-hybridized carbons (Fsp3) is 0.867. The summed E-state index contributed by atoms with van der Waals surface area (Å²) in [6, 6.07) is 0. The third-order valence-electron chi connectivity index (χ3n) is 2.93. The van der Waals surface area contributed by atoms with Crippen LogP contribution in [0.1, 0.15) is 70.6 Å². The zero-order valence-corrected chi connectivity index (χ0v) is 12.6. The Morgan fingerprint density at radius 1 is 0.471 bits per heavy atom. The molecular weight excluding hydrogens is 251 g/mol. The van der Waals surface area contributed by atoms with E-state index in [2.05, 4.69) is 12.2 Å². The van der Waals surface area contributed by atoms with Crippen LogP contribution < -0.4 is 0 Å². The predicted octanol–water partition coefficient (Wildman–Crippen LogP) is 6.31. The summed E-state index contributed by atoms with van der Waals surface area (Å²) in [5.74, 6) is 1.64. The van der Waals surface area contributed by atoms with Crippen molar-refractivity contribution < 1.29 is 0 Å². The largest absolute Gasteiger partial charge is 0.127 e. The van der Waals surface area contributed by atoms with Crippen LogP contribution in [0.2, 0.25) is 0 Å². The molecule has 17 heavy (non-hydrogen) atoms. The highest BCUT2D eigenvalue weighted by molar-refractivity contribution is 6.18. The maximum absolute atomic E-state index is 5.63. The molecule has 0 heterocycles. The van der Waals surface area contributed by atoms with Crippen LogP contribution in [-0.4, -0.2) is 11.8 Å². The quantitative estimate of drug-likeness (QED) is 0.210. The van der Waals surface area contributed by atoms with Gasteiger partial charge in [0, 0.05) is 11.8 Å². The van der Waals surface area contributed by atoms with Gasteiger partial charge in [-0.1, -0.05) is 44.3 Å². The van der Waals surface area contributed by atoms with Crippen molar-refractivity contribution >= 4 is 23.2 Å². The maximum Gasteiger partial charge on any atom is 0.0223 e. The van der Waals surface area contributed by atoms with E-state index in [1.807, 2.05) is 0 Å². The lowest BCUT2D eigenvalue weighted by Gasteiger charge is -1.98. The van der Waals surface area contributed by atoms with E-state index in [4.69, 9.17) is 23.2 Å². The van der Waals surface area contributed by atoms with Crippen molar-refractivity contribution in [1.82, 2.24) is 0 Å². The summed E-state index contributed by atoms with van der Waals surface area (Å²) >= 11 is 11.2. The lowest BCUT2D eigenvalue weighted by Crippen LogP contribution is -1.80. The molecule has 0 radical (unpaired) electrons. The number of allylic oxidation sites excluding steroid dienone is 2. The van der Waals surface area contributed by atoms with Crippen molar-refractivity contribution in [3.05, 3.63) is 12.2 Å². The van der Waals surface area contributed by atoms with E-state index in [0.717, 1.165) is 11.8 Å². The summed E-state index contributed by atoms with van der Waals surface area (Å²) in [6.45, 7) is 0. The molecular formula is C15H28Cl2. The minimum absolute atomic E-state index is 0.819. The van der Waals surface area contributed by atoms with Crippen LogP contribution in [0.3, 0.4) is 0 Å². The van der Waals surface area contributed by atoms with E-state index >= 15 is 0 Å². The molecule has 0 aliphatic rings. The first-order chi connectivity index (χ1) is 8.41. The third kappa shape index (κ3) is 16.3. The molecule has 0 fully saturated rings. The topological polar surface area (TPSA) is 0 Å². The lowest BCUT2D eigenvalue weighted by molar-refractivity contribution is 0.637. The summed E-state index contributed by atoms with van der Waals surface area (Å²) in [5, 5.41) is 0. The second-order valence-corrected chi connectivity index (χ2v) is 5.36. The summed E-state index contributed by atoms with van der Waals surface area (Å²) in [7, 11) is 0. The van der Waals surface area contributed by atoms with Gasteiger partial charge in [0.1, 0.15) is 0 Å². The minimum Gasteiger partial charge on any atom is -0.127 e. The molecule has 0 aromatic heterocycles. The predicted molar refractivity (Wildman–Crippen MR) is 81.4 cm³/mol. The number of rotatable bonds is 13. The van der Waals surface area contributed by atoms with E-state index in [0.29, 0.717) is 0 Å². The average molecular weight is 279 g/mol. The van der Waals surface area contributed by atoms with Crippen LogP contribution in [-0.2, 0) is 0 Å². The summed E-state index contributed by atoms with van der Waals surface area (Å²) in [5.41, 5.74) is 0. The highest BCUT2D eigenvalue weighted by atomic mass is 35.5. The van der Waals surface area contributed by atoms with Crippen LogP contribution in [0, 0.1) is 0 Å². The molecule has 0 spiro atoms. The fourth-order valence-corrected chi connectivity index (χ4v) is 2.21. The Morgan fingerprint density at radius 2 is 0.824 bits per heavy atom. The third-order valence-corrected chi connectivity index (χ3v) is 3.46. The van der Waals surface area contributed by atoms with Crippen LogP contribution in [0.5, 0.6) is 0 Å². The Labute approximate surface area is 118 Å². The van der Waals surface area contributed by atoms with Gasteiger partial charge < -0.3 is 0 Å². The number of unbranched alkanes of at least 4 members (excludes halogenated alkanes) is 9. The summed E-state index contributed by atoms with van der Waals surface area (Å²) in [6.07, 6.45) is 18.8. The Kier molecular flexibility index (Phi) is 16.6. The Balaban J connectivity index is 2.99. The number of alkyl halides is 2. The van der Waals surface area contributed by atoms with Crippen molar-refractivity contribution in [2.45, 2.75) is 70.6 Å². The smallest absolute Gasteiger partial charge is 0.0223 e. The average Bonchev–Trinajstić information content (AvgIpc) is 2.35. The lowest BCUT2D eigenvalue weighted by atomic mass is 10.1. The fourth-order valence-electron chi connectivity index (χ4n) is 1.83. The number of hydrogen-bond donors (Lipinski definition) is 0. The van der Waals surface area contributed by atoms with E-state index < -0.39 is 0 Å². The molecule has 0 rings (SSSR count). The second kappa shape index (κ2) is 16.3. The van der Waals surface area contributed by atoms with Gasteiger partial charge in [0.15, 0.2) is 0 Å². The van der Waals surface area contributed by atoms with Crippen molar-refractivity contribution in [2.75, 3.05) is 11.8 Å². The highest BCUT2D eigenvalue weighted by Crippen LogP contribution is 2.08. The van der Waals surface area contributed by atoms with Crippen LogP contribution in [0.4, 0.5) is 0 Å². The van der Waals surface area contributed by atoms with Gasteiger partial charge in [0.2, 0.25) is 0 Å². The molecule has 0 bridgehead atoms. The van der Waals surface area contributed by atoms with Crippen molar-refractivity contribution in [1.29, 1.82) is 0 Å². The first-order valence-corrected chi connectivity index (χ1v) is 8.25. The molecule has 0 saturated carbocycles. The summed E-state index contributed by atoms with van der Waals surface area (Å²) < 4.78 is 0. The molecule has 0 amide bonds. The molecule has 102 valence electrons. The van der Waals surface area contributed by atoms with Crippen LogP contribution >= 0.6 is 23.2 Å². The first kappa shape index (κ1) is 17.3. The minimum atomic E-state index is 0.819. The van der Waals surface area contributed by atoms with Gasteiger partial charge in [-0.25, -0.2) is 0 Å². The molecule has 2 heteroatoms. The SMILES string of the molecule is ClCCCCCCC=CCCCCCCCCl. The molecule has 0 nitrogen and oxygen atoms in total. The van der Waals surface area contributed by atoms with E-state index in [1.54, 1.807) is 0 Å². The molecule has 0 saturated heterocycles. The van der Waals surface area contributed by atoms with Gasteiger partial charge in [0.25, 0.3) is 0 Å².